The van der Waals surface area contributed by atoms with Crippen LogP contribution < -0.4 is 10.5 Å². The van der Waals surface area contributed by atoms with Crippen LogP contribution in [-0.2, 0) is 6.54 Å². The number of ether oxygens (including phenoxy) is 1. The maximum Gasteiger partial charge on any atom is 0.256 e. The Balaban J connectivity index is 0.000000200. The Morgan fingerprint density at radius 2 is 1.89 bits per heavy atom. The molecule has 19 heavy (non-hydrogen) atoms. The molecule has 0 fully saturated rings. The number of para-hydroxylation sites is 1. The highest BCUT2D eigenvalue weighted by Crippen LogP contribution is 2.18. The molecule has 2 N–H and O–H groups in total. The minimum atomic E-state index is -0.498. The molecule has 2 rings (SSSR count). The summed E-state index contributed by atoms with van der Waals surface area (Å²) in [5.41, 5.74) is 6.85. The van der Waals surface area contributed by atoms with Gasteiger partial charge in [0.2, 0.25) is 0 Å². The van der Waals surface area contributed by atoms with Crippen LogP contribution in [0.15, 0.2) is 48.8 Å². The van der Waals surface area contributed by atoms with Gasteiger partial charge in [-0.15, -0.1) is 0 Å². The van der Waals surface area contributed by atoms with Gasteiger partial charge >= 0.3 is 0 Å². The van der Waals surface area contributed by atoms with Gasteiger partial charge in [0.05, 0.1) is 12.7 Å². The normalized spacial score (nSPS) is 9.21. The largest absolute Gasteiger partial charge is 0.496 e. The van der Waals surface area contributed by atoms with Crippen LogP contribution in [0.5, 0.6) is 5.75 Å². The second-order valence-electron chi connectivity index (χ2n) is 3.53. The Hall–Kier alpha value is -1.91. The van der Waals surface area contributed by atoms with Crippen molar-refractivity contribution in [3.05, 3.63) is 59.9 Å². The molecule has 2 aromatic rings. The molecule has 0 radical (unpaired) electrons. The minimum Gasteiger partial charge on any atom is -0.496 e. The van der Waals surface area contributed by atoms with E-state index in [0.717, 1.165) is 5.56 Å². The molecule has 100 valence electrons. The van der Waals surface area contributed by atoms with Gasteiger partial charge in [0.25, 0.3) is 5.24 Å². The quantitative estimate of drug-likeness (QED) is 0.877. The summed E-state index contributed by atoms with van der Waals surface area (Å²) in [6.07, 6.45) is 3.48. The van der Waals surface area contributed by atoms with Crippen molar-refractivity contribution in [2.24, 2.45) is 5.73 Å². The van der Waals surface area contributed by atoms with Gasteiger partial charge in [0, 0.05) is 18.9 Å². The van der Waals surface area contributed by atoms with E-state index in [9.17, 15) is 4.79 Å². The third-order valence-corrected chi connectivity index (χ3v) is 2.51. The summed E-state index contributed by atoms with van der Waals surface area (Å²) < 4.78 is 4.90. The van der Waals surface area contributed by atoms with Crippen molar-refractivity contribution in [2.45, 2.75) is 6.54 Å². The van der Waals surface area contributed by atoms with Crippen molar-refractivity contribution >= 4 is 16.8 Å². The van der Waals surface area contributed by atoms with Crippen molar-refractivity contribution < 1.29 is 9.53 Å². The number of hydrogen-bond acceptors (Lipinski definition) is 4. The highest BCUT2D eigenvalue weighted by molar-refractivity contribution is 6.68. The molecule has 0 bridgehead atoms. The second kappa shape index (κ2) is 8.24. The number of methoxy groups -OCH3 is 1. The van der Waals surface area contributed by atoms with Crippen LogP contribution in [0.1, 0.15) is 15.9 Å². The molecule has 0 aliphatic rings. The SMILES string of the molecule is COc1ccccc1C(=O)Cl.NCc1ccncc1. The second-order valence-corrected chi connectivity index (χ2v) is 3.88. The van der Waals surface area contributed by atoms with Crippen LogP contribution in [0, 0.1) is 0 Å². The van der Waals surface area contributed by atoms with Crippen LogP contribution in [0.2, 0.25) is 0 Å². The number of nitrogens with two attached hydrogens (primary N) is 1. The summed E-state index contributed by atoms with van der Waals surface area (Å²) in [5, 5.41) is -0.498. The van der Waals surface area contributed by atoms with E-state index in [4.69, 9.17) is 22.1 Å². The highest BCUT2D eigenvalue weighted by Gasteiger charge is 2.06. The van der Waals surface area contributed by atoms with E-state index < -0.39 is 5.24 Å². The number of rotatable bonds is 3. The smallest absolute Gasteiger partial charge is 0.256 e. The highest BCUT2D eigenvalue weighted by atomic mass is 35.5. The lowest BCUT2D eigenvalue weighted by atomic mass is 10.2. The van der Waals surface area contributed by atoms with Crippen LogP contribution in [0.3, 0.4) is 0 Å². The Morgan fingerprint density at radius 1 is 1.26 bits per heavy atom. The molecule has 1 heterocycles. The first-order valence-electron chi connectivity index (χ1n) is 5.61. The van der Waals surface area contributed by atoms with Gasteiger partial charge in [-0.1, -0.05) is 12.1 Å². The summed E-state index contributed by atoms with van der Waals surface area (Å²) in [5.74, 6) is 0.507. The molecule has 1 aromatic heterocycles. The Labute approximate surface area is 117 Å². The molecular weight excluding hydrogens is 264 g/mol. The summed E-state index contributed by atoms with van der Waals surface area (Å²) in [6.45, 7) is 0.600. The van der Waals surface area contributed by atoms with E-state index in [0.29, 0.717) is 17.9 Å². The third-order valence-electron chi connectivity index (χ3n) is 2.30. The monoisotopic (exact) mass is 278 g/mol. The molecule has 0 aliphatic heterocycles. The predicted octanol–water partition coefficient (Wildman–Crippen LogP) is 2.61. The number of carbonyl (C=O) groups is 1. The summed E-state index contributed by atoms with van der Waals surface area (Å²) in [7, 11) is 1.50. The summed E-state index contributed by atoms with van der Waals surface area (Å²) >= 11 is 5.27. The van der Waals surface area contributed by atoms with Gasteiger partial charge in [0.15, 0.2) is 0 Å². The van der Waals surface area contributed by atoms with Crippen molar-refractivity contribution in [1.29, 1.82) is 0 Å². The van der Waals surface area contributed by atoms with E-state index in [1.54, 1.807) is 36.7 Å². The first kappa shape index (κ1) is 15.1. The number of carbonyl (C=O) groups excluding carboxylic acids is 1. The lowest BCUT2D eigenvalue weighted by Gasteiger charge is -2.01. The molecule has 0 saturated heterocycles. The van der Waals surface area contributed by atoms with E-state index in [1.807, 2.05) is 12.1 Å². The number of aromatic nitrogens is 1. The first-order valence-corrected chi connectivity index (χ1v) is 5.98. The molecule has 0 aliphatic carbocycles. The zero-order chi connectivity index (χ0) is 14.1. The standard InChI is InChI=1S/C8H7ClO2.C6H8N2/c1-11-7-5-3-2-4-6(7)8(9)10;7-5-6-1-3-8-4-2-6/h2-5H,1H3;1-4H,5,7H2. The molecule has 1 aromatic carbocycles. The van der Waals surface area contributed by atoms with Crippen LogP contribution in [0.4, 0.5) is 0 Å². The average Bonchev–Trinajstić information content (AvgIpc) is 2.48. The van der Waals surface area contributed by atoms with Gasteiger partial charge in [-0.3, -0.25) is 9.78 Å². The minimum absolute atomic E-state index is 0.400. The van der Waals surface area contributed by atoms with Crippen molar-refractivity contribution in [3.63, 3.8) is 0 Å². The van der Waals surface area contributed by atoms with Crippen LogP contribution in [-0.4, -0.2) is 17.3 Å². The molecule has 0 spiro atoms. The van der Waals surface area contributed by atoms with Crippen molar-refractivity contribution in [3.8, 4) is 5.75 Å². The van der Waals surface area contributed by atoms with Gasteiger partial charge in [-0.05, 0) is 41.4 Å². The van der Waals surface area contributed by atoms with Crippen LogP contribution >= 0.6 is 11.6 Å². The molecular formula is C14H15ClN2O2. The molecule has 0 atom stereocenters. The lowest BCUT2D eigenvalue weighted by Crippen LogP contribution is -1.94. The molecule has 0 unspecified atom stereocenters. The number of halogens is 1. The number of benzene rings is 1. The van der Waals surface area contributed by atoms with Gasteiger partial charge in [-0.2, -0.15) is 0 Å². The fraction of sp³-hybridized carbons (Fsp3) is 0.143. The number of nitrogens with zero attached hydrogens (tertiary/aromatic N) is 1. The fourth-order valence-electron chi connectivity index (χ4n) is 1.33. The Morgan fingerprint density at radius 3 is 2.32 bits per heavy atom. The van der Waals surface area contributed by atoms with E-state index >= 15 is 0 Å². The molecule has 5 heteroatoms. The Kier molecular flexibility index (Phi) is 6.57. The van der Waals surface area contributed by atoms with Gasteiger partial charge < -0.3 is 10.5 Å². The maximum absolute atomic E-state index is 10.7. The van der Waals surface area contributed by atoms with Crippen molar-refractivity contribution in [2.75, 3.05) is 7.11 Å². The Bertz CT molecular complexity index is 518. The molecule has 0 amide bonds. The fourth-order valence-corrected chi connectivity index (χ4v) is 1.48. The zero-order valence-corrected chi connectivity index (χ0v) is 11.3. The van der Waals surface area contributed by atoms with Crippen LogP contribution in [0.25, 0.3) is 0 Å². The first-order chi connectivity index (χ1) is 9.19. The van der Waals surface area contributed by atoms with Gasteiger partial charge in [-0.25, -0.2) is 0 Å². The third kappa shape index (κ3) is 5.07. The zero-order valence-electron chi connectivity index (χ0n) is 10.5. The average molecular weight is 279 g/mol. The lowest BCUT2D eigenvalue weighted by molar-refractivity contribution is 0.107. The van der Waals surface area contributed by atoms with Crippen molar-refractivity contribution in [1.82, 2.24) is 4.98 Å². The molecule has 0 saturated carbocycles. The predicted molar refractivity (Wildman–Crippen MR) is 75.3 cm³/mol. The molecule has 4 nitrogen and oxygen atoms in total. The number of pyridine rings is 1. The maximum atomic E-state index is 10.7. The number of hydrogen-bond donors (Lipinski definition) is 1. The van der Waals surface area contributed by atoms with E-state index in [-0.39, 0.29) is 0 Å². The summed E-state index contributed by atoms with van der Waals surface area (Å²) in [4.78, 5) is 14.5. The van der Waals surface area contributed by atoms with Gasteiger partial charge in [0.1, 0.15) is 5.75 Å². The van der Waals surface area contributed by atoms with E-state index in [1.165, 1.54) is 7.11 Å². The summed E-state index contributed by atoms with van der Waals surface area (Å²) in [6, 6.07) is 10.6. The topological polar surface area (TPSA) is 65.2 Å². The van der Waals surface area contributed by atoms with E-state index in [2.05, 4.69) is 4.98 Å².